The normalized spacial score (nSPS) is 20.5. The van der Waals surface area contributed by atoms with Crippen molar-refractivity contribution in [1.29, 1.82) is 0 Å². The Kier molecular flexibility index (Phi) is 6.87. The second kappa shape index (κ2) is 8.91. The van der Waals surface area contributed by atoms with Gasteiger partial charge in [-0.2, -0.15) is 0 Å². The van der Waals surface area contributed by atoms with Crippen LogP contribution in [-0.2, 0) is 16.0 Å². The van der Waals surface area contributed by atoms with E-state index in [9.17, 15) is 4.79 Å². The molecule has 1 aromatic rings. The number of amides is 1. The third-order valence-corrected chi connectivity index (χ3v) is 4.16. The van der Waals surface area contributed by atoms with Gasteiger partial charge in [-0.15, -0.1) is 0 Å². The van der Waals surface area contributed by atoms with Crippen molar-refractivity contribution in [1.82, 2.24) is 4.90 Å². The van der Waals surface area contributed by atoms with E-state index >= 15 is 0 Å². The SMILES string of the molecule is CCCO[C@H]1CCCN(C(=O)[C@H](N)Cc2ccccc2)CC1. The van der Waals surface area contributed by atoms with Crippen LogP contribution in [-0.4, -0.2) is 42.6 Å². The fraction of sp³-hybridized carbons (Fsp3) is 0.611. The van der Waals surface area contributed by atoms with Gasteiger partial charge >= 0.3 is 0 Å². The van der Waals surface area contributed by atoms with E-state index in [4.69, 9.17) is 10.5 Å². The average Bonchev–Trinajstić information content (AvgIpc) is 2.78. The fourth-order valence-corrected chi connectivity index (χ4v) is 2.93. The van der Waals surface area contributed by atoms with Crippen LogP contribution in [0.5, 0.6) is 0 Å². The molecule has 1 aromatic carbocycles. The van der Waals surface area contributed by atoms with E-state index in [1.807, 2.05) is 35.2 Å². The summed E-state index contributed by atoms with van der Waals surface area (Å²) in [6.07, 6.45) is 4.90. The van der Waals surface area contributed by atoms with Crippen LogP contribution in [0.25, 0.3) is 0 Å². The lowest BCUT2D eigenvalue weighted by Gasteiger charge is -2.24. The molecule has 0 aliphatic carbocycles. The maximum atomic E-state index is 12.5. The molecule has 2 rings (SSSR count). The van der Waals surface area contributed by atoms with E-state index < -0.39 is 6.04 Å². The standard InChI is InChI=1S/C18H28N2O2/c1-2-13-22-16-9-6-11-20(12-10-16)18(21)17(19)14-15-7-4-3-5-8-15/h3-5,7-8,16-17H,2,6,9-14,19H2,1H3/t16-,17+/m0/s1. The molecule has 4 heteroatoms. The topological polar surface area (TPSA) is 55.6 Å². The monoisotopic (exact) mass is 304 g/mol. The van der Waals surface area contributed by atoms with Crippen molar-refractivity contribution in [3.05, 3.63) is 35.9 Å². The quantitative estimate of drug-likeness (QED) is 0.878. The Bertz CT molecular complexity index is 450. The van der Waals surface area contributed by atoms with Gasteiger partial charge in [-0.25, -0.2) is 0 Å². The Morgan fingerprint density at radius 1 is 1.32 bits per heavy atom. The second-order valence-electron chi connectivity index (χ2n) is 6.05. The molecule has 1 saturated heterocycles. The summed E-state index contributed by atoms with van der Waals surface area (Å²) in [6.45, 7) is 4.49. The molecular weight excluding hydrogens is 276 g/mol. The minimum atomic E-state index is -0.449. The molecular formula is C18H28N2O2. The first kappa shape index (κ1) is 17.0. The molecule has 0 aromatic heterocycles. The highest BCUT2D eigenvalue weighted by molar-refractivity contribution is 5.82. The van der Waals surface area contributed by atoms with Crippen molar-refractivity contribution in [2.45, 2.75) is 51.2 Å². The molecule has 22 heavy (non-hydrogen) atoms. The number of likely N-dealkylation sites (tertiary alicyclic amines) is 1. The number of nitrogens with zero attached hydrogens (tertiary/aromatic N) is 1. The summed E-state index contributed by atoms with van der Waals surface area (Å²) in [5.74, 6) is 0.0694. The number of carbonyl (C=O) groups excluding carboxylic acids is 1. The van der Waals surface area contributed by atoms with Crippen molar-refractivity contribution >= 4 is 5.91 Å². The van der Waals surface area contributed by atoms with E-state index in [-0.39, 0.29) is 5.91 Å². The zero-order chi connectivity index (χ0) is 15.8. The van der Waals surface area contributed by atoms with Crippen LogP contribution >= 0.6 is 0 Å². The third kappa shape index (κ3) is 5.11. The number of ether oxygens (including phenoxy) is 1. The van der Waals surface area contributed by atoms with Crippen LogP contribution in [0.3, 0.4) is 0 Å². The van der Waals surface area contributed by atoms with Crippen LogP contribution in [0.4, 0.5) is 0 Å². The molecule has 1 heterocycles. The highest BCUT2D eigenvalue weighted by Gasteiger charge is 2.24. The molecule has 0 spiro atoms. The Balaban J connectivity index is 1.84. The maximum Gasteiger partial charge on any atom is 0.239 e. The number of benzene rings is 1. The largest absolute Gasteiger partial charge is 0.378 e. The fourth-order valence-electron chi connectivity index (χ4n) is 2.93. The van der Waals surface area contributed by atoms with Crippen LogP contribution in [0, 0.1) is 0 Å². The minimum Gasteiger partial charge on any atom is -0.378 e. The molecule has 1 aliphatic heterocycles. The molecule has 1 fully saturated rings. The zero-order valence-corrected chi connectivity index (χ0v) is 13.5. The smallest absolute Gasteiger partial charge is 0.239 e. The van der Waals surface area contributed by atoms with Crippen molar-refractivity contribution in [3.63, 3.8) is 0 Å². The van der Waals surface area contributed by atoms with E-state index in [0.29, 0.717) is 12.5 Å². The lowest BCUT2D eigenvalue weighted by Crippen LogP contribution is -2.45. The number of rotatable bonds is 6. The molecule has 2 N–H and O–H groups in total. The van der Waals surface area contributed by atoms with Crippen molar-refractivity contribution in [2.75, 3.05) is 19.7 Å². The predicted octanol–water partition coefficient (Wildman–Crippen LogP) is 2.36. The molecule has 122 valence electrons. The molecule has 2 atom stereocenters. The van der Waals surface area contributed by atoms with Crippen molar-refractivity contribution in [2.24, 2.45) is 5.73 Å². The zero-order valence-electron chi connectivity index (χ0n) is 13.5. The number of hydrogen-bond donors (Lipinski definition) is 1. The van der Waals surface area contributed by atoms with E-state index in [1.54, 1.807) is 0 Å². The Labute approximate surface area is 133 Å². The van der Waals surface area contributed by atoms with Crippen LogP contribution < -0.4 is 5.73 Å². The van der Waals surface area contributed by atoms with Crippen LogP contribution in [0.2, 0.25) is 0 Å². The third-order valence-electron chi connectivity index (χ3n) is 4.16. The molecule has 1 aliphatic rings. The first-order valence-corrected chi connectivity index (χ1v) is 8.40. The van der Waals surface area contributed by atoms with Gasteiger partial charge in [-0.3, -0.25) is 4.79 Å². The second-order valence-corrected chi connectivity index (χ2v) is 6.05. The van der Waals surface area contributed by atoms with Gasteiger partial charge in [-0.1, -0.05) is 37.3 Å². The summed E-state index contributed by atoms with van der Waals surface area (Å²) in [4.78, 5) is 14.5. The number of nitrogens with two attached hydrogens (primary N) is 1. The van der Waals surface area contributed by atoms with E-state index in [1.165, 1.54) is 0 Å². The van der Waals surface area contributed by atoms with Gasteiger partial charge in [0, 0.05) is 19.7 Å². The summed E-state index contributed by atoms with van der Waals surface area (Å²) >= 11 is 0. The summed E-state index contributed by atoms with van der Waals surface area (Å²) in [6, 6.07) is 9.52. The van der Waals surface area contributed by atoms with Gasteiger partial charge in [0.15, 0.2) is 0 Å². The molecule has 0 bridgehead atoms. The van der Waals surface area contributed by atoms with Crippen molar-refractivity contribution in [3.8, 4) is 0 Å². The van der Waals surface area contributed by atoms with Gasteiger partial charge in [0.1, 0.15) is 0 Å². The van der Waals surface area contributed by atoms with E-state index in [0.717, 1.165) is 50.9 Å². The summed E-state index contributed by atoms with van der Waals surface area (Å²) in [5, 5.41) is 0. The van der Waals surface area contributed by atoms with Gasteiger partial charge in [0.25, 0.3) is 0 Å². The summed E-state index contributed by atoms with van der Waals surface area (Å²) < 4.78 is 5.83. The number of hydrogen-bond acceptors (Lipinski definition) is 3. The average molecular weight is 304 g/mol. The summed E-state index contributed by atoms with van der Waals surface area (Å²) in [7, 11) is 0. The maximum absolute atomic E-state index is 12.5. The molecule has 0 radical (unpaired) electrons. The highest BCUT2D eigenvalue weighted by Crippen LogP contribution is 2.16. The van der Waals surface area contributed by atoms with Crippen molar-refractivity contribution < 1.29 is 9.53 Å². The Morgan fingerprint density at radius 2 is 2.09 bits per heavy atom. The summed E-state index contributed by atoms with van der Waals surface area (Å²) in [5.41, 5.74) is 7.24. The Morgan fingerprint density at radius 3 is 2.82 bits per heavy atom. The Hall–Kier alpha value is -1.39. The predicted molar refractivity (Wildman–Crippen MR) is 88.6 cm³/mol. The first-order chi connectivity index (χ1) is 10.7. The molecule has 0 saturated carbocycles. The number of carbonyl (C=O) groups is 1. The molecule has 0 unspecified atom stereocenters. The lowest BCUT2D eigenvalue weighted by atomic mass is 10.1. The first-order valence-electron chi connectivity index (χ1n) is 8.40. The van der Waals surface area contributed by atoms with Crippen LogP contribution in [0.1, 0.15) is 38.2 Å². The van der Waals surface area contributed by atoms with Crippen LogP contribution in [0.15, 0.2) is 30.3 Å². The van der Waals surface area contributed by atoms with Gasteiger partial charge in [-0.05, 0) is 37.7 Å². The molecule has 4 nitrogen and oxygen atoms in total. The van der Waals surface area contributed by atoms with Gasteiger partial charge in [0.2, 0.25) is 5.91 Å². The van der Waals surface area contributed by atoms with Gasteiger partial charge in [0.05, 0.1) is 12.1 Å². The molecule has 1 amide bonds. The van der Waals surface area contributed by atoms with E-state index in [2.05, 4.69) is 6.92 Å². The minimum absolute atomic E-state index is 0.0694. The highest BCUT2D eigenvalue weighted by atomic mass is 16.5. The van der Waals surface area contributed by atoms with Gasteiger partial charge < -0.3 is 15.4 Å². The lowest BCUT2D eigenvalue weighted by molar-refractivity contribution is -0.132.